The molecule has 0 aliphatic heterocycles. The van der Waals surface area contributed by atoms with Gasteiger partial charge >= 0.3 is 0 Å². The fraction of sp³-hybridized carbons (Fsp3) is 0.211. The number of aldehydes is 1. The molecular formula is C19H23NO2. The van der Waals surface area contributed by atoms with Crippen molar-refractivity contribution in [1.29, 1.82) is 0 Å². The van der Waals surface area contributed by atoms with Crippen molar-refractivity contribution in [1.82, 2.24) is 0 Å². The number of aliphatic hydroxyl groups excluding tert-OH is 1. The summed E-state index contributed by atoms with van der Waals surface area (Å²) in [7, 11) is 1.00. The SMILES string of the molecule is C=CC1c2cc(N)ccc2-c2c(C=O)cccc21.CC.CO. The number of nitrogen functional groups attached to an aromatic ring is 1. The average Bonchev–Trinajstić information content (AvgIpc) is 2.91. The molecule has 0 saturated heterocycles. The first-order valence-corrected chi connectivity index (χ1v) is 7.31. The van der Waals surface area contributed by atoms with Gasteiger partial charge in [-0.15, -0.1) is 6.58 Å². The van der Waals surface area contributed by atoms with Crippen LogP contribution in [0.3, 0.4) is 0 Å². The van der Waals surface area contributed by atoms with Crippen molar-refractivity contribution in [2.75, 3.05) is 12.8 Å². The number of nitrogens with two attached hydrogens (primary N) is 1. The van der Waals surface area contributed by atoms with Gasteiger partial charge in [-0.05, 0) is 34.4 Å². The summed E-state index contributed by atoms with van der Waals surface area (Å²) in [5.41, 5.74) is 11.7. The monoisotopic (exact) mass is 297 g/mol. The van der Waals surface area contributed by atoms with Crippen molar-refractivity contribution >= 4 is 12.0 Å². The predicted molar refractivity (Wildman–Crippen MR) is 93.2 cm³/mol. The van der Waals surface area contributed by atoms with Crippen LogP contribution in [0.25, 0.3) is 11.1 Å². The normalized spacial score (nSPS) is 13.5. The molecule has 1 aliphatic carbocycles. The first-order valence-electron chi connectivity index (χ1n) is 7.31. The number of benzene rings is 2. The number of allylic oxidation sites excluding steroid dienone is 1. The topological polar surface area (TPSA) is 63.3 Å². The van der Waals surface area contributed by atoms with Gasteiger partial charge in [0, 0.05) is 24.3 Å². The molecular weight excluding hydrogens is 274 g/mol. The molecule has 0 saturated carbocycles. The third-order valence-electron chi connectivity index (χ3n) is 3.51. The Kier molecular flexibility index (Phi) is 6.54. The predicted octanol–water partition coefficient (Wildman–Crippen LogP) is 4.01. The summed E-state index contributed by atoms with van der Waals surface area (Å²) in [5, 5.41) is 7.00. The summed E-state index contributed by atoms with van der Waals surface area (Å²) < 4.78 is 0. The van der Waals surface area contributed by atoms with Crippen LogP contribution in [0.2, 0.25) is 0 Å². The van der Waals surface area contributed by atoms with Crippen LogP contribution in [0.1, 0.15) is 41.3 Å². The smallest absolute Gasteiger partial charge is 0.150 e. The second-order valence-corrected chi connectivity index (χ2v) is 4.49. The summed E-state index contributed by atoms with van der Waals surface area (Å²) in [6.45, 7) is 7.90. The zero-order chi connectivity index (χ0) is 16.7. The lowest BCUT2D eigenvalue weighted by Gasteiger charge is -2.07. The van der Waals surface area contributed by atoms with E-state index in [0.717, 1.165) is 46.9 Å². The Bertz CT molecular complexity index is 662. The lowest BCUT2D eigenvalue weighted by Crippen LogP contribution is -1.93. The average molecular weight is 297 g/mol. The molecule has 3 rings (SSSR count). The van der Waals surface area contributed by atoms with Gasteiger partial charge in [-0.2, -0.15) is 0 Å². The van der Waals surface area contributed by atoms with E-state index in [1.165, 1.54) is 0 Å². The molecule has 0 radical (unpaired) electrons. The number of fused-ring (bicyclic) bond motifs is 3. The molecule has 3 N–H and O–H groups in total. The van der Waals surface area contributed by atoms with E-state index >= 15 is 0 Å². The fourth-order valence-electron chi connectivity index (χ4n) is 2.74. The van der Waals surface area contributed by atoms with Gasteiger partial charge < -0.3 is 10.8 Å². The van der Waals surface area contributed by atoms with Gasteiger partial charge in [-0.25, -0.2) is 0 Å². The fourth-order valence-corrected chi connectivity index (χ4v) is 2.74. The van der Waals surface area contributed by atoms with Crippen LogP contribution in [-0.4, -0.2) is 18.5 Å². The first-order chi connectivity index (χ1) is 10.8. The molecule has 1 unspecified atom stereocenters. The number of rotatable bonds is 2. The number of anilines is 1. The van der Waals surface area contributed by atoms with E-state index in [1.54, 1.807) is 0 Å². The highest BCUT2D eigenvalue weighted by molar-refractivity contribution is 5.94. The highest BCUT2D eigenvalue weighted by Gasteiger charge is 2.28. The van der Waals surface area contributed by atoms with Gasteiger partial charge in [0.2, 0.25) is 0 Å². The maximum Gasteiger partial charge on any atom is 0.150 e. The van der Waals surface area contributed by atoms with Crippen LogP contribution >= 0.6 is 0 Å². The second kappa shape index (κ2) is 8.15. The molecule has 116 valence electrons. The van der Waals surface area contributed by atoms with E-state index in [0.29, 0.717) is 0 Å². The van der Waals surface area contributed by atoms with Crippen LogP contribution in [0.5, 0.6) is 0 Å². The van der Waals surface area contributed by atoms with Gasteiger partial charge in [0.05, 0.1) is 0 Å². The zero-order valence-corrected chi connectivity index (χ0v) is 13.3. The molecule has 1 aliphatic rings. The van der Waals surface area contributed by atoms with Crippen molar-refractivity contribution < 1.29 is 9.90 Å². The van der Waals surface area contributed by atoms with Crippen molar-refractivity contribution in [2.24, 2.45) is 0 Å². The van der Waals surface area contributed by atoms with Gasteiger partial charge in [-0.3, -0.25) is 4.79 Å². The van der Waals surface area contributed by atoms with Gasteiger partial charge in [0.25, 0.3) is 0 Å². The number of carbonyl (C=O) groups is 1. The number of hydrogen-bond acceptors (Lipinski definition) is 3. The Labute approximate surface area is 132 Å². The van der Waals surface area contributed by atoms with Crippen LogP contribution in [0.4, 0.5) is 5.69 Å². The minimum atomic E-state index is 0.124. The van der Waals surface area contributed by atoms with E-state index < -0.39 is 0 Å². The molecule has 3 nitrogen and oxygen atoms in total. The molecule has 22 heavy (non-hydrogen) atoms. The summed E-state index contributed by atoms with van der Waals surface area (Å²) in [5.74, 6) is 0.124. The molecule has 0 heterocycles. The van der Waals surface area contributed by atoms with Gasteiger partial charge in [0.15, 0.2) is 6.29 Å². The maximum atomic E-state index is 11.2. The Morgan fingerprint density at radius 1 is 1.14 bits per heavy atom. The Morgan fingerprint density at radius 3 is 2.41 bits per heavy atom. The number of carbonyl (C=O) groups excluding carboxylic acids is 1. The molecule has 0 aromatic heterocycles. The lowest BCUT2D eigenvalue weighted by molar-refractivity contribution is 0.112. The molecule has 2 aromatic rings. The molecule has 3 heteroatoms. The van der Waals surface area contributed by atoms with E-state index in [-0.39, 0.29) is 5.92 Å². The minimum absolute atomic E-state index is 0.124. The van der Waals surface area contributed by atoms with Crippen LogP contribution in [-0.2, 0) is 0 Å². The number of aliphatic hydroxyl groups is 1. The zero-order valence-electron chi connectivity index (χ0n) is 13.3. The van der Waals surface area contributed by atoms with Crippen LogP contribution in [0, 0.1) is 0 Å². The molecule has 0 fully saturated rings. The van der Waals surface area contributed by atoms with Crippen LogP contribution < -0.4 is 5.73 Å². The highest BCUT2D eigenvalue weighted by atomic mass is 16.2. The van der Waals surface area contributed by atoms with E-state index in [4.69, 9.17) is 10.8 Å². The Morgan fingerprint density at radius 2 is 1.82 bits per heavy atom. The lowest BCUT2D eigenvalue weighted by atomic mass is 9.96. The summed E-state index contributed by atoms with van der Waals surface area (Å²) >= 11 is 0. The summed E-state index contributed by atoms with van der Waals surface area (Å²) in [6.07, 6.45) is 2.81. The van der Waals surface area contributed by atoms with E-state index in [9.17, 15) is 4.79 Å². The standard InChI is InChI=1S/C16H13NO.C2H6.CH4O/c1-2-12-13-5-3-4-10(9-18)16(13)14-7-6-11(17)8-15(12)14;2*1-2/h2-9,12H,1,17H2;1-2H3;2H,1H3. The molecule has 0 bridgehead atoms. The Hall–Kier alpha value is -2.39. The quantitative estimate of drug-likeness (QED) is 0.500. The third kappa shape index (κ3) is 2.95. The summed E-state index contributed by atoms with van der Waals surface area (Å²) in [6, 6.07) is 11.6. The second-order valence-electron chi connectivity index (χ2n) is 4.49. The first kappa shape index (κ1) is 17.7. The number of hydrogen-bond donors (Lipinski definition) is 2. The van der Waals surface area contributed by atoms with Crippen molar-refractivity contribution in [3.63, 3.8) is 0 Å². The minimum Gasteiger partial charge on any atom is -0.400 e. The summed E-state index contributed by atoms with van der Waals surface area (Å²) in [4.78, 5) is 11.2. The maximum absolute atomic E-state index is 11.2. The Balaban J connectivity index is 0.000000561. The van der Waals surface area contributed by atoms with Crippen molar-refractivity contribution in [3.05, 3.63) is 65.7 Å². The third-order valence-corrected chi connectivity index (χ3v) is 3.51. The molecule has 0 amide bonds. The van der Waals surface area contributed by atoms with Crippen LogP contribution in [0.15, 0.2) is 49.1 Å². The van der Waals surface area contributed by atoms with Crippen molar-refractivity contribution in [3.8, 4) is 11.1 Å². The van der Waals surface area contributed by atoms with E-state index in [1.807, 2.05) is 56.3 Å². The van der Waals surface area contributed by atoms with Gasteiger partial charge in [0.1, 0.15) is 0 Å². The molecule has 0 spiro atoms. The largest absolute Gasteiger partial charge is 0.400 e. The molecule has 2 aromatic carbocycles. The van der Waals surface area contributed by atoms with Gasteiger partial charge in [-0.1, -0.05) is 44.2 Å². The highest BCUT2D eigenvalue weighted by Crippen LogP contribution is 2.47. The molecule has 1 atom stereocenters. The van der Waals surface area contributed by atoms with E-state index in [2.05, 4.69) is 6.58 Å². The van der Waals surface area contributed by atoms with Crippen molar-refractivity contribution in [2.45, 2.75) is 19.8 Å².